The maximum Gasteiger partial charge on any atom is 0.257 e. The van der Waals surface area contributed by atoms with Gasteiger partial charge in [-0.25, -0.2) is 0 Å². The highest BCUT2D eigenvalue weighted by atomic mass is 16.5. The quantitative estimate of drug-likeness (QED) is 0.886. The van der Waals surface area contributed by atoms with Gasteiger partial charge in [-0.05, 0) is 24.3 Å². The Morgan fingerprint density at radius 1 is 1.08 bits per heavy atom. The Kier molecular flexibility index (Phi) is 5.11. The Balaban J connectivity index is 1.44. The molecule has 5 nitrogen and oxygen atoms in total. The first-order valence-electron chi connectivity index (χ1n) is 8.02. The summed E-state index contributed by atoms with van der Waals surface area (Å²) in [4.78, 5) is 25.8. The zero-order chi connectivity index (χ0) is 16.8. The first kappa shape index (κ1) is 16.1. The smallest absolute Gasteiger partial charge is 0.257 e. The topological polar surface area (TPSA) is 58.6 Å². The number of carbonyl (C=O) groups is 2. The van der Waals surface area contributed by atoms with Crippen molar-refractivity contribution in [2.45, 2.75) is 6.42 Å². The number of para-hydroxylation sites is 2. The van der Waals surface area contributed by atoms with Gasteiger partial charge in [0.15, 0.2) is 6.61 Å². The van der Waals surface area contributed by atoms with Crippen LogP contribution in [-0.4, -0.2) is 31.5 Å². The van der Waals surface area contributed by atoms with Crippen molar-refractivity contribution >= 4 is 17.5 Å². The third kappa shape index (κ3) is 4.13. The minimum atomic E-state index is -0.176. The molecular weight excluding hydrogens is 304 g/mol. The van der Waals surface area contributed by atoms with Gasteiger partial charge in [0.1, 0.15) is 5.75 Å². The molecule has 0 saturated carbocycles. The zero-order valence-electron chi connectivity index (χ0n) is 13.4. The number of nitrogens with one attached hydrogen (secondary N) is 1. The van der Waals surface area contributed by atoms with Crippen LogP contribution in [0, 0.1) is 5.92 Å². The molecule has 1 aliphatic rings. The van der Waals surface area contributed by atoms with E-state index in [1.54, 1.807) is 17.0 Å². The highest BCUT2D eigenvalue weighted by molar-refractivity contribution is 5.95. The van der Waals surface area contributed by atoms with Crippen LogP contribution in [0.25, 0.3) is 0 Å². The molecule has 1 atom stereocenters. The predicted octanol–water partition coefficient (Wildman–Crippen LogP) is 2.23. The fourth-order valence-corrected chi connectivity index (χ4v) is 2.75. The van der Waals surface area contributed by atoms with Crippen LogP contribution in [0.3, 0.4) is 0 Å². The van der Waals surface area contributed by atoms with Gasteiger partial charge >= 0.3 is 0 Å². The lowest BCUT2D eigenvalue weighted by Crippen LogP contribution is -2.34. The lowest BCUT2D eigenvalue weighted by Gasteiger charge is -2.16. The van der Waals surface area contributed by atoms with E-state index >= 15 is 0 Å². The summed E-state index contributed by atoms with van der Waals surface area (Å²) in [5.74, 6) is 0.711. The Bertz CT molecular complexity index is 688. The molecule has 2 amide bonds. The van der Waals surface area contributed by atoms with Crippen molar-refractivity contribution in [1.82, 2.24) is 5.32 Å². The van der Waals surface area contributed by atoms with Gasteiger partial charge in [0, 0.05) is 31.1 Å². The summed E-state index contributed by atoms with van der Waals surface area (Å²) in [5, 5.41) is 2.84. The molecular formula is C19H20N2O3. The van der Waals surface area contributed by atoms with E-state index in [4.69, 9.17) is 4.74 Å². The molecule has 1 fully saturated rings. The van der Waals surface area contributed by atoms with Crippen LogP contribution in [0.4, 0.5) is 5.69 Å². The maximum absolute atomic E-state index is 12.1. The molecule has 1 saturated heterocycles. The summed E-state index contributed by atoms with van der Waals surface area (Å²) in [6.45, 7) is 1.09. The normalized spacial score (nSPS) is 16.9. The van der Waals surface area contributed by atoms with E-state index < -0.39 is 0 Å². The van der Waals surface area contributed by atoms with Crippen LogP contribution in [0.1, 0.15) is 6.42 Å². The van der Waals surface area contributed by atoms with Crippen LogP contribution in [-0.2, 0) is 9.59 Å². The van der Waals surface area contributed by atoms with Gasteiger partial charge in [-0.15, -0.1) is 0 Å². The van der Waals surface area contributed by atoms with Gasteiger partial charge < -0.3 is 15.0 Å². The van der Waals surface area contributed by atoms with Crippen LogP contribution < -0.4 is 15.0 Å². The zero-order valence-corrected chi connectivity index (χ0v) is 13.4. The van der Waals surface area contributed by atoms with E-state index in [2.05, 4.69) is 5.32 Å². The number of nitrogens with zero attached hydrogens (tertiary/aromatic N) is 1. The SMILES string of the molecule is O=C(COc1ccccc1)NCC1CC(=O)N(c2ccccc2)C1. The molecule has 2 aromatic carbocycles. The number of carbonyl (C=O) groups excluding carboxylic acids is 2. The number of ether oxygens (including phenoxy) is 1. The highest BCUT2D eigenvalue weighted by Gasteiger charge is 2.30. The van der Waals surface area contributed by atoms with Crippen molar-refractivity contribution in [1.29, 1.82) is 0 Å². The van der Waals surface area contributed by atoms with Crippen LogP contribution in [0.15, 0.2) is 60.7 Å². The van der Waals surface area contributed by atoms with Crippen molar-refractivity contribution in [3.63, 3.8) is 0 Å². The Labute approximate surface area is 141 Å². The second-order valence-electron chi connectivity index (χ2n) is 5.82. The van der Waals surface area contributed by atoms with Crippen LogP contribution >= 0.6 is 0 Å². The van der Waals surface area contributed by atoms with Gasteiger partial charge in [-0.2, -0.15) is 0 Å². The van der Waals surface area contributed by atoms with E-state index in [1.165, 1.54) is 0 Å². The van der Waals surface area contributed by atoms with Crippen molar-refractivity contribution in [2.75, 3.05) is 24.6 Å². The van der Waals surface area contributed by atoms with Gasteiger partial charge in [0.05, 0.1) is 0 Å². The van der Waals surface area contributed by atoms with E-state index in [1.807, 2.05) is 48.5 Å². The third-order valence-corrected chi connectivity index (χ3v) is 3.97. The summed E-state index contributed by atoms with van der Waals surface area (Å²) < 4.78 is 5.41. The van der Waals surface area contributed by atoms with Gasteiger partial charge in [0.2, 0.25) is 5.91 Å². The predicted molar refractivity (Wildman–Crippen MR) is 91.8 cm³/mol. The summed E-state index contributed by atoms with van der Waals surface area (Å²) in [6, 6.07) is 18.8. The van der Waals surface area contributed by atoms with Crippen molar-refractivity contribution < 1.29 is 14.3 Å². The molecule has 124 valence electrons. The van der Waals surface area contributed by atoms with Crippen LogP contribution in [0.5, 0.6) is 5.75 Å². The number of hydrogen-bond donors (Lipinski definition) is 1. The molecule has 1 aliphatic heterocycles. The summed E-state index contributed by atoms with van der Waals surface area (Å²) in [7, 11) is 0. The molecule has 0 radical (unpaired) electrons. The molecule has 3 rings (SSSR count). The number of anilines is 1. The molecule has 1 N–H and O–H groups in total. The fraction of sp³-hybridized carbons (Fsp3) is 0.263. The van der Waals surface area contributed by atoms with E-state index in [0.29, 0.717) is 25.3 Å². The number of hydrogen-bond acceptors (Lipinski definition) is 3. The van der Waals surface area contributed by atoms with Crippen molar-refractivity contribution in [3.05, 3.63) is 60.7 Å². The number of amides is 2. The summed E-state index contributed by atoms with van der Waals surface area (Å²) in [5.41, 5.74) is 0.906. The highest BCUT2D eigenvalue weighted by Crippen LogP contribution is 2.24. The average molecular weight is 324 g/mol. The summed E-state index contributed by atoms with van der Waals surface area (Å²) in [6.07, 6.45) is 0.453. The molecule has 0 bridgehead atoms. The first-order chi connectivity index (χ1) is 11.7. The second kappa shape index (κ2) is 7.64. The van der Waals surface area contributed by atoms with Crippen molar-refractivity contribution in [2.24, 2.45) is 5.92 Å². The standard InChI is InChI=1S/C19H20N2O3/c22-18(14-24-17-9-5-2-6-10-17)20-12-15-11-19(23)21(13-15)16-7-3-1-4-8-16/h1-10,15H,11-14H2,(H,20,22). The monoisotopic (exact) mass is 324 g/mol. The minimum Gasteiger partial charge on any atom is -0.484 e. The molecule has 0 aromatic heterocycles. The molecule has 0 aliphatic carbocycles. The Hall–Kier alpha value is -2.82. The second-order valence-corrected chi connectivity index (χ2v) is 5.82. The van der Waals surface area contributed by atoms with E-state index in [9.17, 15) is 9.59 Å². The molecule has 1 heterocycles. The summed E-state index contributed by atoms with van der Waals surface area (Å²) >= 11 is 0. The lowest BCUT2D eigenvalue weighted by molar-refractivity contribution is -0.123. The van der Waals surface area contributed by atoms with Gasteiger partial charge in [0.25, 0.3) is 5.91 Å². The first-order valence-corrected chi connectivity index (χ1v) is 8.02. The molecule has 5 heteroatoms. The maximum atomic E-state index is 12.1. The van der Waals surface area contributed by atoms with E-state index in [0.717, 1.165) is 5.69 Å². The fourth-order valence-electron chi connectivity index (χ4n) is 2.75. The minimum absolute atomic E-state index is 0.0208. The Morgan fingerprint density at radius 3 is 2.46 bits per heavy atom. The average Bonchev–Trinajstić information content (AvgIpc) is 3.00. The third-order valence-electron chi connectivity index (χ3n) is 3.97. The molecule has 2 aromatic rings. The van der Waals surface area contributed by atoms with Crippen molar-refractivity contribution in [3.8, 4) is 5.75 Å². The molecule has 0 spiro atoms. The van der Waals surface area contributed by atoms with Gasteiger partial charge in [-0.3, -0.25) is 9.59 Å². The molecule has 1 unspecified atom stereocenters. The largest absolute Gasteiger partial charge is 0.484 e. The Morgan fingerprint density at radius 2 is 1.75 bits per heavy atom. The van der Waals surface area contributed by atoms with Gasteiger partial charge in [-0.1, -0.05) is 36.4 Å². The number of benzene rings is 2. The van der Waals surface area contributed by atoms with E-state index in [-0.39, 0.29) is 24.3 Å². The van der Waals surface area contributed by atoms with Crippen LogP contribution in [0.2, 0.25) is 0 Å². The lowest BCUT2D eigenvalue weighted by atomic mass is 10.1. The number of rotatable bonds is 6. The molecule has 24 heavy (non-hydrogen) atoms.